The van der Waals surface area contributed by atoms with Gasteiger partial charge in [-0.05, 0) is 52.3 Å². The molecule has 1 heterocycles. The second kappa shape index (κ2) is 7.31. The van der Waals surface area contributed by atoms with Gasteiger partial charge in [0.25, 0.3) is 0 Å². The van der Waals surface area contributed by atoms with E-state index in [4.69, 9.17) is 0 Å². The minimum Gasteiger partial charge on any atom is -0.378 e. The van der Waals surface area contributed by atoms with Gasteiger partial charge in [0.05, 0.1) is 4.47 Å². The topological polar surface area (TPSA) is 53.1 Å². The predicted molar refractivity (Wildman–Crippen MR) is 104 cm³/mol. The number of hydrogen-bond acceptors (Lipinski definition) is 5. The monoisotopic (exact) mass is 383 g/mol. The first-order chi connectivity index (χ1) is 11.6. The number of halogens is 1. The van der Waals surface area contributed by atoms with Crippen molar-refractivity contribution in [3.63, 3.8) is 0 Å². The van der Waals surface area contributed by atoms with Gasteiger partial charge < -0.3 is 15.5 Å². The van der Waals surface area contributed by atoms with Gasteiger partial charge in [-0.1, -0.05) is 18.2 Å². The first kappa shape index (κ1) is 16.3. The summed E-state index contributed by atoms with van der Waals surface area (Å²) in [6.07, 6.45) is 1.73. The van der Waals surface area contributed by atoms with Crippen LogP contribution in [0.25, 0.3) is 0 Å². The van der Waals surface area contributed by atoms with Crippen LogP contribution in [0, 0.1) is 0 Å². The van der Waals surface area contributed by atoms with Crippen LogP contribution in [0.3, 0.4) is 0 Å². The molecular formula is C18H18BrN5. The van der Waals surface area contributed by atoms with Crippen molar-refractivity contribution in [2.24, 2.45) is 0 Å². The minimum absolute atomic E-state index is 0.536. The molecule has 3 rings (SSSR count). The highest BCUT2D eigenvalue weighted by Gasteiger charge is 2.06. The summed E-state index contributed by atoms with van der Waals surface area (Å²) < 4.78 is 0.805. The van der Waals surface area contributed by atoms with Crippen LogP contribution in [0.4, 0.5) is 28.8 Å². The Balaban J connectivity index is 1.78. The maximum absolute atomic E-state index is 4.53. The molecule has 0 saturated carbocycles. The van der Waals surface area contributed by atoms with Crippen molar-refractivity contribution >= 4 is 44.8 Å². The Labute approximate surface area is 149 Å². The van der Waals surface area contributed by atoms with E-state index in [0.29, 0.717) is 11.8 Å². The maximum Gasteiger partial charge on any atom is 0.229 e. The fraction of sp³-hybridized carbons (Fsp3) is 0.111. The van der Waals surface area contributed by atoms with E-state index in [1.54, 1.807) is 6.20 Å². The Bertz CT molecular complexity index is 803. The zero-order chi connectivity index (χ0) is 16.9. The lowest BCUT2D eigenvalue weighted by Gasteiger charge is -2.13. The smallest absolute Gasteiger partial charge is 0.229 e. The van der Waals surface area contributed by atoms with E-state index in [1.807, 2.05) is 68.7 Å². The van der Waals surface area contributed by atoms with Crippen LogP contribution >= 0.6 is 15.9 Å². The zero-order valence-corrected chi connectivity index (χ0v) is 15.1. The Hall–Kier alpha value is -2.60. The van der Waals surface area contributed by atoms with Crippen LogP contribution in [0.5, 0.6) is 0 Å². The number of benzene rings is 2. The third kappa shape index (κ3) is 4.02. The molecule has 0 fully saturated rings. The summed E-state index contributed by atoms with van der Waals surface area (Å²) in [5, 5.41) is 6.50. The Kier molecular flexibility index (Phi) is 4.96. The molecule has 3 aromatic rings. The van der Waals surface area contributed by atoms with Crippen molar-refractivity contribution in [2.75, 3.05) is 29.6 Å². The van der Waals surface area contributed by atoms with Gasteiger partial charge >= 0.3 is 0 Å². The zero-order valence-electron chi connectivity index (χ0n) is 13.5. The molecule has 0 atom stereocenters. The predicted octanol–water partition coefficient (Wildman–Crippen LogP) is 4.79. The molecule has 1 aromatic heterocycles. The molecule has 0 amide bonds. The molecule has 6 heteroatoms. The second-order valence-electron chi connectivity index (χ2n) is 5.45. The van der Waals surface area contributed by atoms with Crippen molar-refractivity contribution in [3.8, 4) is 0 Å². The number of para-hydroxylation sites is 1. The third-order valence-electron chi connectivity index (χ3n) is 3.42. The molecular weight excluding hydrogens is 366 g/mol. The summed E-state index contributed by atoms with van der Waals surface area (Å²) in [6, 6.07) is 18.0. The van der Waals surface area contributed by atoms with Gasteiger partial charge in [-0.25, -0.2) is 4.98 Å². The molecule has 122 valence electrons. The lowest BCUT2D eigenvalue weighted by atomic mass is 10.2. The largest absolute Gasteiger partial charge is 0.378 e. The van der Waals surface area contributed by atoms with Crippen LogP contribution < -0.4 is 15.5 Å². The molecule has 2 aromatic carbocycles. The number of anilines is 5. The molecule has 0 unspecified atom stereocenters. The number of nitrogens with one attached hydrogen (secondary N) is 2. The minimum atomic E-state index is 0.536. The number of aromatic nitrogens is 2. The van der Waals surface area contributed by atoms with Gasteiger partial charge in [0.1, 0.15) is 5.82 Å². The third-order valence-corrected chi connectivity index (χ3v) is 4.00. The van der Waals surface area contributed by atoms with Gasteiger partial charge in [0.2, 0.25) is 5.95 Å². The van der Waals surface area contributed by atoms with E-state index in [0.717, 1.165) is 21.5 Å². The SMILES string of the molecule is CN(C)c1ccc(Nc2ncc(Br)c(Nc3ccccc3)n2)cc1. The van der Waals surface area contributed by atoms with Crippen LogP contribution in [-0.4, -0.2) is 24.1 Å². The van der Waals surface area contributed by atoms with Gasteiger partial charge in [0, 0.05) is 37.4 Å². The van der Waals surface area contributed by atoms with Crippen LogP contribution in [0.1, 0.15) is 0 Å². The lowest BCUT2D eigenvalue weighted by Crippen LogP contribution is -2.08. The molecule has 24 heavy (non-hydrogen) atoms. The summed E-state index contributed by atoms with van der Waals surface area (Å²) in [6.45, 7) is 0. The van der Waals surface area contributed by atoms with E-state index >= 15 is 0 Å². The lowest BCUT2D eigenvalue weighted by molar-refractivity contribution is 1.13. The number of rotatable bonds is 5. The summed E-state index contributed by atoms with van der Waals surface area (Å²) in [5.74, 6) is 1.25. The van der Waals surface area contributed by atoms with Gasteiger partial charge in [0.15, 0.2) is 0 Å². The van der Waals surface area contributed by atoms with Gasteiger partial charge in [-0.2, -0.15) is 4.98 Å². The first-order valence-electron chi connectivity index (χ1n) is 7.51. The highest BCUT2D eigenvalue weighted by molar-refractivity contribution is 9.10. The van der Waals surface area contributed by atoms with Crippen molar-refractivity contribution in [2.45, 2.75) is 0 Å². The highest BCUT2D eigenvalue weighted by Crippen LogP contribution is 2.25. The molecule has 0 spiro atoms. The molecule has 0 radical (unpaired) electrons. The maximum atomic E-state index is 4.53. The number of hydrogen-bond donors (Lipinski definition) is 2. The van der Waals surface area contributed by atoms with E-state index in [1.165, 1.54) is 0 Å². The molecule has 0 aliphatic rings. The van der Waals surface area contributed by atoms with Gasteiger partial charge in [-0.3, -0.25) is 0 Å². The van der Waals surface area contributed by atoms with Crippen LogP contribution in [0.15, 0.2) is 65.3 Å². The van der Waals surface area contributed by atoms with E-state index in [2.05, 4.69) is 41.4 Å². The van der Waals surface area contributed by atoms with Crippen molar-refractivity contribution < 1.29 is 0 Å². The fourth-order valence-corrected chi connectivity index (χ4v) is 2.44. The Morgan fingerprint density at radius 3 is 2.21 bits per heavy atom. The van der Waals surface area contributed by atoms with Crippen molar-refractivity contribution in [1.82, 2.24) is 9.97 Å². The number of nitrogens with zero attached hydrogens (tertiary/aromatic N) is 3. The van der Waals surface area contributed by atoms with Crippen molar-refractivity contribution in [1.29, 1.82) is 0 Å². The molecule has 5 nitrogen and oxygen atoms in total. The summed E-state index contributed by atoms with van der Waals surface area (Å²) >= 11 is 3.48. The Morgan fingerprint density at radius 2 is 1.54 bits per heavy atom. The molecule has 2 N–H and O–H groups in total. The summed E-state index contributed by atoms with van der Waals surface area (Å²) in [4.78, 5) is 10.9. The average molecular weight is 384 g/mol. The second-order valence-corrected chi connectivity index (χ2v) is 6.30. The molecule has 0 aliphatic carbocycles. The highest BCUT2D eigenvalue weighted by atomic mass is 79.9. The average Bonchev–Trinajstić information content (AvgIpc) is 2.59. The molecule has 0 bridgehead atoms. The van der Waals surface area contributed by atoms with Crippen molar-refractivity contribution in [3.05, 3.63) is 65.3 Å². The molecule has 0 aliphatic heterocycles. The quantitative estimate of drug-likeness (QED) is 0.662. The van der Waals surface area contributed by atoms with Crippen LogP contribution in [0.2, 0.25) is 0 Å². The van der Waals surface area contributed by atoms with Crippen LogP contribution in [-0.2, 0) is 0 Å². The summed E-state index contributed by atoms with van der Waals surface area (Å²) in [5.41, 5.74) is 3.05. The van der Waals surface area contributed by atoms with E-state index in [9.17, 15) is 0 Å². The normalized spacial score (nSPS) is 10.3. The summed E-state index contributed by atoms with van der Waals surface area (Å²) in [7, 11) is 4.03. The Morgan fingerprint density at radius 1 is 0.875 bits per heavy atom. The first-order valence-corrected chi connectivity index (χ1v) is 8.30. The standard InChI is InChI=1S/C18H18BrN5/c1-24(2)15-10-8-14(9-11-15)22-18-20-12-16(19)17(23-18)21-13-6-4-3-5-7-13/h3-12H,1-2H3,(H2,20,21,22,23). The van der Waals surface area contributed by atoms with Gasteiger partial charge in [-0.15, -0.1) is 0 Å². The fourth-order valence-electron chi connectivity index (χ4n) is 2.15. The van der Waals surface area contributed by atoms with E-state index < -0.39 is 0 Å². The van der Waals surface area contributed by atoms with E-state index in [-0.39, 0.29) is 0 Å². The molecule has 0 saturated heterocycles.